The van der Waals surface area contributed by atoms with E-state index < -0.39 is 0 Å². The Morgan fingerprint density at radius 3 is 2.35 bits per heavy atom. The Hall–Kier alpha value is -2.76. The third kappa shape index (κ3) is 2.92. The summed E-state index contributed by atoms with van der Waals surface area (Å²) in [5.74, 6) is -0.0777. The number of anilines is 1. The zero-order chi connectivity index (χ0) is 16.6. The quantitative estimate of drug-likeness (QED) is 0.786. The summed E-state index contributed by atoms with van der Waals surface area (Å²) in [7, 11) is 0. The second kappa shape index (κ2) is 5.46. The SMILES string of the molecule is CC(C)(C)n1cnc(-c2ccc(F)cc2)c1-c1ccnc(N)n1. The highest BCUT2D eigenvalue weighted by Gasteiger charge is 2.23. The van der Waals surface area contributed by atoms with Crippen molar-refractivity contribution in [2.24, 2.45) is 0 Å². The van der Waals surface area contributed by atoms with Crippen molar-refractivity contribution in [2.45, 2.75) is 26.3 Å². The molecule has 5 nitrogen and oxygen atoms in total. The van der Waals surface area contributed by atoms with E-state index in [-0.39, 0.29) is 17.3 Å². The molecule has 0 saturated carbocycles. The van der Waals surface area contributed by atoms with Crippen LogP contribution in [0.25, 0.3) is 22.6 Å². The molecule has 23 heavy (non-hydrogen) atoms. The molecule has 0 aliphatic rings. The number of hydrogen-bond acceptors (Lipinski definition) is 4. The smallest absolute Gasteiger partial charge is 0.220 e. The minimum atomic E-state index is -0.281. The zero-order valence-corrected chi connectivity index (χ0v) is 13.3. The molecule has 0 radical (unpaired) electrons. The van der Waals surface area contributed by atoms with Gasteiger partial charge in [-0.1, -0.05) is 0 Å². The molecular formula is C17H18FN5. The number of benzene rings is 1. The van der Waals surface area contributed by atoms with Crippen molar-refractivity contribution in [3.8, 4) is 22.6 Å². The standard InChI is InChI=1S/C17H18FN5/c1-17(2,3)23-10-21-14(11-4-6-12(18)7-5-11)15(23)13-8-9-20-16(19)22-13/h4-10H,1-3H3,(H2,19,20,22). The van der Waals surface area contributed by atoms with Crippen molar-refractivity contribution in [3.05, 3.63) is 48.7 Å². The molecule has 0 atom stereocenters. The molecule has 0 saturated heterocycles. The monoisotopic (exact) mass is 311 g/mol. The predicted octanol–water partition coefficient (Wildman–Crippen LogP) is 3.48. The first-order valence-corrected chi connectivity index (χ1v) is 7.29. The second-order valence-electron chi connectivity index (χ2n) is 6.29. The lowest BCUT2D eigenvalue weighted by Gasteiger charge is -2.24. The highest BCUT2D eigenvalue weighted by atomic mass is 19.1. The largest absolute Gasteiger partial charge is 0.368 e. The first kappa shape index (κ1) is 15.1. The van der Waals surface area contributed by atoms with Crippen molar-refractivity contribution in [3.63, 3.8) is 0 Å². The van der Waals surface area contributed by atoms with Crippen LogP contribution in [-0.4, -0.2) is 19.5 Å². The summed E-state index contributed by atoms with van der Waals surface area (Å²) in [4.78, 5) is 12.8. The van der Waals surface area contributed by atoms with Gasteiger partial charge in [-0.25, -0.2) is 19.3 Å². The van der Waals surface area contributed by atoms with Crippen LogP contribution in [0.2, 0.25) is 0 Å². The van der Waals surface area contributed by atoms with Crippen molar-refractivity contribution >= 4 is 5.95 Å². The topological polar surface area (TPSA) is 69.6 Å². The van der Waals surface area contributed by atoms with Gasteiger partial charge < -0.3 is 10.3 Å². The fourth-order valence-electron chi connectivity index (χ4n) is 2.43. The van der Waals surface area contributed by atoms with Gasteiger partial charge in [0.2, 0.25) is 5.95 Å². The molecule has 2 heterocycles. The summed E-state index contributed by atoms with van der Waals surface area (Å²) < 4.78 is 15.2. The number of nitrogens with zero attached hydrogens (tertiary/aromatic N) is 4. The number of nitrogens with two attached hydrogens (primary N) is 1. The molecule has 2 N–H and O–H groups in total. The molecule has 0 unspecified atom stereocenters. The van der Waals surface area contributed by atoms with Crippen LogP contribution in [0, 0.1) is 5.82 Å². The molecular weight excluding hydrogens is 293 g/mol. The van der Waals surface area contributed by atoms with E-state index in [9.17, 15) is 4.39 Å². The molecule has 0 bridgehead atoms. The fraction of sp³-hybridized carbons (Fsp3) is 0.235. The van der Waals surface area contributed by atoms with Crippen LogP contribution in [0.4, 0.5) is 10.3 Å². The van der Waals surface area contributed by atoms with Gasteiger partial charge in [0.05, 0.1) is 23.4 Å². The van der Waals surface area contributed by atoms with Crippen molar-refractivity contribution in [1.82, 2.24) is 19.5 Å². The highest BCUT2D eigenvalue weighted by Crippen LogP contribution is 2.33. The first-order valence-electron chi connectivity index (χ1n) is 7.29. The number of rotatable bonds is 2. The van der Waals surface area contributed by atoms with Crippen molar-refractivity contribution in [2.75, 3.05) is 5.73 Å². The Balaban J connectivity index is 2.25. The third-order valence-corrected chi connectivity index (χ3v) is 3.52. The Morgan fingerprint density at radius 1 is 1.04 bits per heavy atom. The number of imidazole rings is 1. The van der Waals surface area contributed by atoms with Gasteiger partial charge >= 0.3 is 0 Å². The maximum absolute atomic E-state index is 13.2. The van der Waals surface area contributed by atoms with Crippen LogP contribution in [-0.2, 0) is 5.54 Å². The molecule has 1 aromatic carbocycles. The zero-order valence-electron chi connectivity index (χ0n) is 13.3. The Kier molecular flexibility index (Phi) is 3.60. The molecule has 2 aromatic heterocycles. The highest BCUT2D eigenvalue weighted by molar-refractivity contribution is 5.77. The molecule has 3 aromatic rings. The fourth-order valence-corrected chi connectivity index (χ4v) is 2.43. The van der Waals surface area contributed by atoms with Gasteiger partial charge in [-0.3, -0.25) is 0 Å². The van der Waals surface area contributed by atoms with E-state index in [0.717, 1.165) is 17.0 Å². The van der Waals surface area contributed by atoms with E-state index in [1.54, 1.807) is 30.7 Å². The normalized spacial score (nSPS) is 11.7. The minimum Gasteiger partial charge on any atom is -0.368 e. The van der Waals surface area contributed by atoms with Crippen molar-refractivity contribution in [1.29, 1.82) is 0 Å². The molecule has 3 rings (SSSR count). The van der Waals surface area contributed by atoms with Gasteiger partial charge in [-0.15, -0.1) is 0 Å². The second-order valence-corrected chi connectivity index (χ2v) is 6.29. The van der Waals surface area contributed by atoms with Crippen LogP contribution < -0.4 is 5.73 Å². The molecule has 0 spiro atoms. The van der Waals surface area contributed by atoms with E-state index in [4.69, 9.17) is 5.73 Å². The Labute approximate surface area is 134 Å². The maximum Gasteiger partial charge on any atom is 0.220 e. The molecule has 0 fully saturated rings. The maximum atomic E-state index is 13.2. The van der Waals surface area contributed by atoms with Crippen LogP contribution >= 0.6 is 0 Å². The summed E-state index contributed by atoms with van der Waals surface area (Å²) in [5.41, 5.74) is 8.61. The average Bonchev–Trinajstić information content (AvgIpc) is 2.93. The Morgan fingerprint density at radius 2 is 1.74 bits per heavy atom. The van der Waals surface area contributed by atoms with Crippen molar-refractivity contribution < 1.29 is 4.39 Å². The van der Waals surface area contributed by atoms with E-state index in [0.29, 0.717) is 5.69 Å². The Bertz CT molecular complexity index is 831. The summed E-state index contributed by atoms with van der Waals surface area (Å²) in [6.07, 6.45) is 3.39. The summed E-state index contributed by atoms with van der Waals surface area (Å²) in [5, 5.41) is 0. The van der Waals surface area contributed by atoms with Gasteiger partial charge in [-0.2, -0.15) is 0 Å². The van der Waals surface area contributed by atoms with Gasteiger partial charge in [0.15, 0.2) is 0 Å². The van der Waals surface area contributed by atoms with Gasteiger partial charge in [0.25, 0.3) is 0 Å². The van der Waals surface area contributed by atoms with Crippen LogP contribution in [0.5, 0.6) is 0 Å². The molecule has 0 amide bonds. The number of hydrogen-bond donors (Lipinski definition) is 1. The van der Waals surface area contributed by atoms with Crippen LogP contribution in [0.3, 0.4) is 0 Å². The van der Waals surface area contributed by atoms with Crippen LogP contribution in [0.15, 0.2) is 42.9 Å². The van der Waals surface area contributed by atoms with E-state index in [1.165, 1.54) is 12.1 Å². The van der Waals surface area contributed by atoms with E-state index >= 15 is 0 Å². The minimum absolute atomic E-state index is 0.194. The summed E-state index contributed by atoms with van der Waals surface area (Å²) in [6.45, 7) is 6.24. The van der Waals surface area contributed by atoms with Gasteiger partial charge in [-0.05, 0) is 51.1 Å². The lowest BCUT2D eigenvalue weighted by atomic mass is 10.0. The lowest BCUT2D eigenvalue weighted by molar-refractivity contribution is 0.400. The van der Waals surface area contributed by atoms with Gasteiger partial charge in [0.1, 0.15) is 5.82 Å². The average molecular weight is 311 g/mol. The number of halogens is 1. The molecule has 118 valence electrons. The molecule has 0 aliphatic carbocycles. The summed E-state index contributed by atoms with van der Waals surface area (Å²) >= 11 is 0. The molecule has 6 heteroatoms. The predicted molar refractivity (Wildman–Crippen MR) is 88.1 cm³/mol. The summed E-state index contributed by atoms with van der Waals surface area (Å²) in [6, 6.07) is 8.05. The van der Waals surface area contributed by atoms with Crippen LogP contribution in [0.1, 0.15) is 20.8 Å². The van der Waals surface area contributed by atoms with Gasteiger partial charge in [0, 0.05) is 17.3 Å². The number of nitrogen functional groups attached to an aromatic ring is 1. The van der Waals surface area contributed by atoms with E-state index in [1.807, 2.05) is 4.57 Å². The third-order valence-electron chi connectivity index (χ3n) is 3.52. The number of aromatic nitrogens is 4. The van der Waals surface area contributed by atoms with E-state index in [2.05, 4.69) is 35.7 Å². The first-order chi connectivity index (χ1) is 10.9. The lowest BCUT2D eigenvalue weighted by Crippen LogP contribution is -2.22. The molecule has 0 aliphatic heterocycles.